The highest BCUT2D eigenvalue weighted by Crippen LogP contribution is 2.25. The number of aromatic nitrogens is 2. The van der Waals surface area contributed by atoms with Crippen molar-refractivity contribution in [3.8, 4) is 0 Å². The third-order valence-corrected chi connectivity index (χ3v) is 8.91. The minimum atomic E-state index is -3.98. The maximum Gasteiger partial charge on any atom is 0.326 e. The van der Waals surface area contributed by atoms with Crippen LogP contribution < -0.4 is 20.3 Å². The van der Waals surface area contributed by atoms with Gasteiger partial charge in [0.2, 0.25) is 5.95 Å². The van der Waals surface area contributed by atoms with Crippen LogP contribution in [0.2, 0.25) is 0 Å². The molecular weight excluding hydrogens is 552 g/mol. The van der Waals surface area contributed by atoms with Gasteiger partial charge in [0.25, 0.3) is 15.9 Å². The van der Waals surface area contributed by atoms with Crippen LogP contribution in [0.25, 0.3) is 0 Å². The second-order valence-corrected chi connectivity index (χ2v) is 13.2. The molecule has 0 saturated carbocycles. The van der Waals surface area contributed by atoms with E-state index < -0.39 is 33.5 Å². The molecule has 1 aliphatic heterocycles. The normalized spacial score (nSPS) is 16.7. The van der Waals surface area contributed by atoms with Crippen LogP contribution in [0.4, 0.5) is 11.6 Å². The van der Waals surface area contributed by atoms with Gasteiger partial charge in [0, 0.05) is 36.7 Å². The average Bonchev–Trinajstić information content (AvgIpc) is 3.47. The van der Waals surface area contributed by atoms with E-state index in [1.54, 1.807) is 62.8 Å². The Morgan fingerprint density at radius 2 is 1.82 bits per heavy atom. The minimum Gasteiger partial charge on any atom is -0.459 e. The van der Waals surface area contributed by atoms with Crippen LogP contribution in [0.3, 0.4) is 0 Å². The predicted octanol–water partition coefficient (Wildman–Crippen LogP) is 3.39. The molecule has 0 aliphatic carbocycles. The number of hydrogen-bond acceptors (Lipinski definition) is 10. The van der Waals surface area contributed by atoms with Gasteiger partial charge in [-0.2, -0.15) is 4.72 Å². The molecule has 1 saturated heterocycles. The first-order valence-electron chi connectivity index (χ1n) is 13.0. The second kappa shape index (κ2) is 12.7. The maximum atomic E-state index is 13.0. The molecular formula is C27H34N6O5S2. The van der Waals surface area contributed by atoms with Gasteiger partial charge in [0.1, 0.15) is 22.0 Å². The molecule has 4 rings (SSSR count). The molecule has 3 aromatic rings. The first kappa shape index (κ1) is 29.4. The Labute approximate surface area is 238 Å². The molecule has 0 bridgehead atoms. The van der Waals surface area contributed by atoms with E-state index in [0.717, 1.165) is 42.8 Å². The van der Waals surface area contributed by atoms with Gasteiger partial charge in [-0.25, -0.2) is 18.4 Å². The van der Waals surface area contributed by atoms with E-state index in [1.165, 1.54) is 6.07 Å². The molecule has 1 amide bonds. The molecule has 2 aromatic heterocycles. The van der Waals surface area contributed by atoms with Gasteiger partial charge in [-0.1, -0.05) is 6.07 Å². The Morgan fingerprint density at radius 3 is 2.48 bits per heavy atom. The summed E-state index contributed by atoms with van der Waals surface area (Å²) in [6.07, 6.45) is 6.45. The van der Waals surface area contributed by atoms with Crippen LogP contribution >= 0.6 is 11.3 Å². The van der Waals surface area contributed by atoms with E-state index in [9.17, 15) is 18.0 Å². The summed E-state index contributed by atoms with van der Waals surface area (Å²) in [5.41, 5.74) is 0.484. The predicted molar refractivity (Wildman–Crippen MR) is 154 cm³/mol. The summed E-state index contributed by atoms with van der Waals surface area (Å²) in [6.45, 7) is 5.62. The fourth-order valence-electron chi connectivity index (χ4n) is 4.22. The van der Waals surface area contributed by atoms with Gasteiger partial charge in [-0.05, 0) is 81.8 Å². The largest absolute Gasteiger partial charge is 0.459 e. The number of rotatable bonds is 10. The zero-order valence-corrected chi connectivity index (χ0v) is 24.3. The van der Waals surface area contributed by atoms with Gasteiger partial charge < -0.3 is 20.3 Å². The molecule has 40 heavy (non-hydrogen) atoms. The summed E-state index contributed by atoms with van der Waals surface area (Å²) >= 11 is 1.03. The number of benzene rings is 1. The van der Waals surface area contributed by atoms with E-state index in [2.05, 4.69) is 30.2 Å². The number of piperidine rings is 1. The zero-order chi connectivity index (χ0) is 28.8. The molecule has 0 radical (unpaired) electrons. The standard InChI is InChI=1S/C27H34N6O5S2/c1-27(2,3)38-25(35)21(32-40(36,37)23-9-6-17-39-23)18-30-24(34)19-10-12-20(13-11-19)33-16-5-4-8-22(33)31-26-28-14-7-15-29-26/h6-7,9-15,17,21-22,32H,4-5,8,16,18H2,1-3H3,(H,30,34)(H,28,29,31)/t21-,22?/m0/s1. The lowest BCUT2D eigenvalue weighted by atomic mass is 10.1. The van der Waals surface area contributed by atoms with Gasteiger partial charge in [-0.3, -0.25) is 9.59 Å². The molecule has 0 spiro atoms. The summed E-state index contributed by atoms with van der Waals surface area (Å²) < 4.78 is 33.4. The maximum absolute atomic E-state index is 13.0. The van der Waals surface area contributed by atoms with Crippen LogP contribution in [0, 0.1) is 0 Å². The lowest BCUT2D eigenvalue weighted by Gasteiger charge is -2.38. The van der Waals surface area contributed by atoms with Crippen LogP contribution in [0.15, 0.2) is 64.4 Å². The van der Waals surface area contributed by atoms with Crippen molar-refractivity contribution in [1.82, 2.24) is 20.0 Å². The molecule has 1 fully saturated rings. The van der Waals surface area contributed by atoms with Gasteiger partial charge in [0.15, 0.2) is 0 Å². The van der Waals surface area contributed by atoms with E-state index >= 15 is 0 Å². The zero-order valence-electron chi connectivity index (χ0n) is 22.7. The average molecular weight is 587 g/mol. The lowest BCUT2D eigenvalue weighted by Crippen LogP contribution is -2.50. The Balaban J connectivity index is 1.42. The summed E-state index contributed by atoms with van der Waals surface area (Å²) in [5, 5.41) is 7.67. The molecule has 1 aliphatic rings. The smallest absolute Gasteiger partial charge is 0.326 e. The second-order valence-electron chi connectivity index (χ2n) is 10.3. The van der Waals surface area contributed by atoms with E-state index in [4.69, 9.17) is 4.74 Å². The number of sulfonamides is 1. The number of ether oxygens (including phenoxy) is 1. The minimum absolute atomic E-state index is 0.0155. The van der Waals surface area contributed by atoms with E-state index in [1.807, 2.05) is 12.1 Å². The molecule has 2 atom stereocenters. The van der Waals surface area contributed by atoms with Gasteiger partial charge in [0.05, 0.1) is 0 Å². The van der Waals surface area contributed by atoms with Crippen molar-refractivity contribution in [3.63, 3.8) is 0 Å². The van der Waals surface area contributed by atoms with Crippen molar-refractivity contribution >= 4 is 44.9 Å². The Bertz CT molecular complexity index is 1380. The number of carbonyl (C=O) groups excluding carboxylic acids is 2. The van der Waals surface area contributed by atoms with Crippen LogP contribution in [-0.4, -0.2) is 61.2 Å². The van der Waals surface area contributed by atoms with E-state index in [0.29, 0.717) is 11.5 Å². The highest BCUT2D eigenvalue weighted by atomic mass is 32.2. The Morgan fingerprint density at radius 1 is 1.10 bits per heavy atom. The highest BCUT2D eigenvalue weighted by molar-refractivity contribution is 7.91. The van der Waals surface area contributed by atoms with Gasteiger partial charge in [-0.15, -0.1) is 11.3 Å². The fraction of sp³-hybridized carbons (Fsp3) is 0.407. The lowest BCUT2D eigenvalue weighted by molar-refractivity contribution is -0.156. The fourth-order valence-corrected chi connectivity index (χ4v) is 6.42. The number of amides is 1. The molecule has 3 heterocycles. The van der Waals surface area contributed by atoms with Crippen molar-refractivity contribution in [3.05, 3.63) is 65.8 Å². The van der Waals surface area contributed by atoms with Crippen LogP contribution in [0.5, 0.6) is 0 Å². The summed E-state index contributed by atoms with van der Waals surface area (Å²) in [7, 11) is -3.98. The monoisotopic (exact) mass is 586 g/mol. The first-order chi connectivity index (χ1) is 19.0. The molecule has 1 aromatic carbocycles. The van der Waals surface area contributed by atoms with Gasteiger partial charge >= 0.3 is 5.97 Å². The summed E-state index contributed by atoms with van der Waals surface area (Å²) in [5.74, 6) is -0.666. The number of thiophene rings is 1. The Kier molecular flexibility index (Phi) is 9.38. The van der Waals surface area contributed by atoms with Crippen molar-refractivity contribution in [2.45, 2.75) is 62.1 Å². The SMILES string of the molecule is CC(C)(C)OC(=O)[C@H](CNC(=O)c1ccc(N2CCCCC2Nc2ncccn2)cc1)NS(=O)(=O)c1cccs1. The molecule has 11 nitrogen and oxygen atoms in total. The number of anilines is 2. The number of carbonyl (C=O) groups is 2. The van der Waals surface area contributed by atoms with Crippen LogP contribution in [0.1, 0.15) is 50.4 Å². The third-order valence-electron chi connectivity index (χ3n) is 6.04. The molecule has 1 unspecified atom stereocenters. The number of nitrogens with zero attached hydrogens (tertiary/aromatic N) is 3. The van der Waals surface area contributed by atoms with Crippen molar-refractivity contribution in [2.75, 3.05) is 23.3 Å². The van der Waals surface area contributed by atoms with Crippen molar-refractivity contribution in [2.24, 2.45) is 0 Å². The first-order valence-corrected chi connectivity index (χ1v) is 15.4. The molecule has 214 valence electrons. The molecule has 13 heteroatoms. The Hall–Kier alpha value is -3.55. The number of esters is 1. The quantitative estimate of drug-likeness (QED) is 0.305. The van der Waals surface area contributed by atoms with Crippen molar-refractivity contribution < 1.29 is 22.7 Å². The summed E-state index contributed by atoms with van der Waals surface area (Å²) in [4.78, 5) is 36.5. The topological polar surface area (TPSA) is 143 Å². The van der Waals surface area contributed by atoms with Crippen molar-refractivity contribution in [1.29, 1.82) is 0 Å². The number of hydrogen-bond donors (Lipinski definition) is 3. The summed E-state index contributed by atoms with van der Waals surface area (Å²) in [6, 6.07) is 10.6. The molecule has 3 N–H and O–H groups in total. The number of nitrogens with one attached hydrogen (secondary N) is 3. The highest BCUT2D eigenvalue weighted by Gasteiger charge is 2.31. The van der Waals surface area contributed by atoms with E-state index in [-0.39, 0.29) is 16.9 Å². The third kappa shape index (κ3) is 7.99. The van der Waals surface area contributed by atoms with Crippen LogP contribution in [-0.2, 0) is 19.6 Å².